The number of hydrogen-bond acceptors (Lipinski definition) is 5. The highest BCUT2D eigenvalue weighted by Gasteiger charge is 2.27. The largest absolute Gasteiger partial charge is 0.491 e. The van der Waals surface area contributed by atoms with Crippen LogP contribution in [0.1, 0.15) is 32.0 Å². The molecule has 0 fully saturated rings. The third kappa shape index (κ3) is 3.12. The maximum Gasteiger partial charge on any atom is 0.410 e. The Balaban J connectivity index is 2.15. The van der Waals surface area contributed by atoms with Crippen molar-refractivity contribution in [1.29, 1.82) is 0 Å². The average molecular weight is 280 g/mol. The summed E-state index contributed by atoms with van der Waals surface area (Å²) in [4.78, 5) is 17.7. The van der Waals surface area contributed by atoms with Gasteiger partial charge in [0.2, 0.25) is 0 Å². The van der Waals surface area contributed by atoms with Crippen molar-refractivity contribution in [2.75, 3.05) is 13.7 Å². The van der Waals surface area contributed by atoms with Crippen LogP contribution in [0, 0.1) is 0 Å². The Hall–Kier alpha value is -1.98. The van der Waals surface area contributed by atoms with E-state index in [4.69, 9.17) is 9.47 Å². The van der Waals surface area contributed by atoms with Crippen LogP contribution in [0.15, 0.2) is 6.07 Å². The number of aromatic hydroxyl groups is 1. The van der Waals surface area contributed by atoms with Gasteiger partial charge in [0, 0.05) is 6.54 Å². The predicted octanol–water partition coefficient (Wildman–Crippen LogP) is 2.09. The first-order valence-electron chi connectivity index (χ1n) is 6.54. The van der Waals surface area contributed by atoms with Crippen molar-refractivity contribution in [2.24, 2.45) is 0 Å². The number of fused-ring (bicyclic) bond motifs is 1. The zero-order valence-electron chi connectivity index (χ0n) is 12.3. The standard InChI is InChI=1S/C14H20N2O4/c1-14(2,3)20-13(18)16-6-5-9-7-11(19-4)12(17)15-10(9)8-16/h7H,5-6,8H2,1-4H3,(H,15,17). The lowest BCUT2D eigenvalue weighted by Gasteiger charge is -2.30. The molecule has 0 unspecified atom stereocenters. The van der Waals surface area contributed by atoms with E-state index in [1.54, 1.807) is 11.0 Å². The number of methoxy groups -OCH3 is 1. The van der Waals surface area contributed by atoms with Crippen molar-refractivity contribution in [2.45, 2.75) is 39.3 Å². The van der Waals surface area contributed by atoms with Gasteiger partial charge in [-0.15, -0.1) is 0 Å². The lowest BCUT2D eigenvalue weighted by molar-refractivity contribution is 0.0220. The van der Waals surface area contributed by atoms with Crippen molar-refractivity contribution < 1.29 is 19.4 Å². The SMILES string of the molecule is COc1cc2c(nc1O)CN(C(=O)OC(C)(C)C)CC2. The first-order valence-corrected chi connectivity index (χ1v) is 6.54. The fourth-order valence-electron chi connectivity index (χ4n) is 2.06. The Morgan fingerprint density at radius 2 is 2.15 bits per heavy atom. The second-order valence-electron chi connectivity index (χ2n) is 5.77. The number of hydrogen-bond donors (Lipinski definition) is 1. The summed E-state index contributed by atoms with van der Waals surface area (Å²) < 4.78 is 10.4. The summed E-state index contributed by atoms with van der Waals surface area (Å²) in [5.74, 6) is 0.201. The predicted molar refractivity (Wildman–Crippen MR) is 72.8 cm³/mol. The summed E-state index contributed by atoms with van der Waals surface area (Å²) in [6.07, 6.45) is 0.304. The van der Waals surface area contributed by atoms with Crippen LogP contribution in [-0.4, -0.2) is 40.3 Å². The van der Waals surface area contributed by atoms with Crippen LogP contribution in [0.2, 0.25) is 0 Å². The molecule has 0 atom stereocenters. The molecule has 0 aliphatic carbocycles. The molecule has 2 heterocycles. The molecule has 1 N–H and O–H groups in total. The molecule has 0 saturated heterocycles. The molecule has 0 saturated carbocycles. The molecule has 6 heteroatoms. The van der Waals surface area contributed by atoms with Gasteiger partial charge in [0.05, 0.1) is 19.3 Å². The number of aromatic nitrogens is 1. The number of rotatable bonds is 1. The van der Waals surface area contributed by atoms with Gasteiger partial charge in [-0.1, -0.05) is 0 Å². The number of carbonyl (C=O) groups is 1. The third-order valence-electron chi connectivity index (χ3n) is 3.00. The molecule has 0 bridgehead atoms. The lowest BCUT2D eigenvalue weighted by Crippen LogP contribution is -2.40. The van der Waals surface area contributed by atoms with Crippen LogP contribution in [-0.2, 0) is 17.7 Å². The molecule has 0 spiro atoms. The van der Waals surface area contributed by atoms with Crippen molar-refractivity contribution in [3.8, 4) is 11.6 Å². The summed E-state index contributed by atoms with van der Waals surface area (Å²) >= 11 is 0. The average Bonchev–Trinajstić information content (AvgIpc) is 2.35. The second kappa shape index (κ2) is 5.19. The number of carbonyl (C=O) groups excluding carboxylic acids is 1. The molecule has 1 aliphatic rings. The maximum atomic E-state index is 12.0. The highest BCUT2D eigenvalue weighted by molar-refractivity contribution is 5.68. The quantitative estimate of drug-likeness (QED) is 0.852. The zero-order chi connectivity index (χ0) is 14.9. The highest BCUT2D eigenvalue weighted by atomic mass is 16.6. The summed E-state index contributed by atoms with van der Waals surface area (Å²) in [6, 6.07) is 1.77. The van der Waals surface area contributed by atoms with Crippen LogP contribution < -0.4 is 4.74 Å². The van der Waals surface area contributed by atoms with Gasteiger partial charge in [-0.25, -0.2) is 9.78 Å². The van der Waals surface area contributed by atoms with Crippen LogP contribution >= 0.6 is 0 Å². The summed E-state index contributed by atoms with van der Waals surface area (Å²) in [7, 11) is 1.49. The van der Waals surface area contributed by atoms with E-state index in [1.807, 2.05) is 20.8 Å². The van der Waals surface area contributed by atoms with Gasteiger partial charge in [-0.05, 0) is 38.8 Å². The van der Waals surface area contributed by atoms with Crippen molar-refractivity contribution in [3.63, 3.8) is 0 Å². The van der Waals surface area contributed by atoms with E-state index >= 15 is 0 Å². The molecule has 1 amide bonds. The fourth-order valence-corrected chi connectivity index (χ4v) is 2.06. The molecule has 2 rings (SSSR count). The fraction of sp³-hybridized carbons (Fsp3) is 0.571. The maximum absolute atomic E-state index is 12.0. The van der Waals surface area contributed by atoms with E-state index in [9.17, 15) is 9.90 Å². The summed E-state index contributed by atoms with van der Waals surface area (Å²) in [6.45, 7) is 6.40. The minimum Gasteiger partial charge on any atom is -0.491 e. The van der Waals surface area contributed by atoms with Crippen LogP contribution in [0.4, 0.5) is 4.79 Å². The van der Waals surface area contributed by atoms with E-state index in [2.05, 4.69) is 4.98 Å². The lowest BCUT2D eigenvalue weighted by atomic mass is 10.1. The minimum atomic E-state index is -0.521. The van der Waals surface area contributed by atoms with E-state index < -0.39 is 5.60 Å². The molecular weight excluding hydrogens is 260 g/mol. The number of ether oxygens (including phenoxy) is 2. The Morgan fingerprint density at radius 1 is 1.45 bits per heavy atom. The van der Waals surface area contributed by atoms with E-state index in [1.165, 1.54) is 7.11 Å². The first kappa shape index (κ1) is 14.4. The Labute approximate surface area is 118 Å². The molecule has 20 heavy (non-hydrogen) atoms. The van der Waals surface area contributed by atoms with Gasteiger partial charge >= 0.3 is 6.09 Å². The van der Waals surface area contributed by atoms with Gasteiger partial charge in [-0.3, -0.25) is 0 Å². The molecule has 110 valence electrons. The van der Waals surface area contributed by atoms with E-state index in [-0.39, 0.29) is 12.0 Å². The number of pyridine rings is 1. The van der Waals surface area contributed by atoms with E-state index in [0.717, 1.165) is 5.56 Å². The van der Waals surface area contributed by atoms with Crippen LogP contribution in [0.25, 0.3) is 0 Å². The Kier molecular flexibility index (Phi) is 3.74. The first-order chi connectivity index (χ1) is 9.30. The van der Waals surface area contributed by atoms with Crippen molar-refractivity contribution in [3.05, 3.63) is 17.3 Å². The molecule has 0 radical (unpaired) electrons. The topological polar surface area (TPSA) is 71.9 Å². The van der Waals surface area contributed by atoms with Gasteiger partial charge in [-0.2, -0.15) is 0 Å². The molecular formula is C14H20N2O4. The minimum absolute atomic E-state index is 0.155. The van der Waals surface area contributed by atoms with Gasteiger partial charge in [0.25, 0.3) is 5.88 Å². The molecule has 1 aliphatic heterocycles. The van der Waals surface area contributed by atoms with Crippen LogP contribution in [0.5, 0.6) is 11.6 Å². The van der Waals surface area contributed by atoms with Crippen molar-refractivity contribution in [1.82, 2.24) is 9.88 Å². The smallest absolute Gasteiger partial charge is 0.410 e. The van der Waals surface area contributed by atoms with Gasteiger partial charge in [0.1, 0.15) is 5.60 Å². The molecule has 1 aromatic heterocycles. The molecule has 1 aromatic rings. The second-order valence-corrected chi connectivity index (χ2v) is 5.77. The molecule has 0 aromatic carbocycles. The van der Waals surface area contributed by atoms with Crippen molar-refractivity contribution >= 4 is 6.09 Å². The highest BCUT2D eigenvalue weighted by Crippen LogP contribution is 2.29. The third-order valence-corrected chi connectivity index (χ3v) is 3.00. The van der Waals surface area contributed by atoms with E-state index in [0.29, 0.717) is 31.0 Å². The van der Waals surface area contributed by atoms with Gasteiger partial charge < -0.3 is 19.5 Å². The summed E-state index contributed by atoms with van der Waals surface area (Å²) in [5, 5.41) is 9.71. The zero-order valence-corrected chi connectivity index (χ0v) is 12.3. The molecule has 6 nitrogen and oxygen atoms in total. The Bertz CT molecular complexity index is 523. The normalized spacial score (nSPS) is 14.7. The number of amides is 1. The summed E-state index contributed by atoms with van der Waals surface area (Å²) in [5.41, 5.74) is 1.15. The van der Waals surface area contributed by atoms with Gasteiger partial charge in [0.15, 0.2) is 5.75 Å². The van der Waals surface area contributed by atoms with Crippen LogP contribution in [0.3, 0.4) is 0 Å². The monoisotopic (exact) mass is 280 g/mol. The Morgan fingerprint density at radius 3 is 2.75 bits per heavy atom. The number of nitrogens with zero attached hydrogens (tertiary/aromatic N) is 2.